The standard InChI is InChI=1S/C12H18ClN3S/c1-3-9-10(13)15-8-16-11(9)14-7-12(2)5-4-6-17-12/h8H,3-7H2,1-2H3,(H,14,15,16). The van der Waals surface area contributed by atoms with Gasteiger partial charge in [0, 0.05) is 16.9 Å². The second-order valence-corrected chi connectivity index (χ2v) is 6.64. The minimum Gasteiger partial charge on any atom is -0.368 e. The number of anilines is 1. The Morgan fingerprint density at radius 3 is 3.00 bits per heavy atom. The number of rotatable bonds is 4. The van der Waals surface area contributed by atoms with Crippen LogP contribution in [0.2, 0.25) is 5.15 Å². The van der Waals surface area contributed by atoms with Crippen molar-refractivity contribution in [2.45, 2.75) is 37.9 Å². The first-order valence-electron chi connectivity index (χ1n) is 6.02. The summed E-state index contributed by atoms with van der Waals surface area (Å²) in [4.78, 5) is 8.30. The average molecular weight is 272 g/mol. The number of halogens is 1. The van der Waals surface area contributed by atoms with Gasteiger partial charge in [-0.25, -0.2) is 9.97 Å². The molecule has 17 heavy (non-hydrogen) atoms. The third kappa shape index (κ3) is 3.05. The molecule has 1 aromatic rings. The number of aromatic nitrogens is 2. The van der Waals surface area contributed by atoms with Gasteiger partial charge in [-0.05, 0) is 31.9 Å². The van der Waals surface area contributed by atoms with Crippen molar-refractivity contribution in [3.05, 3.63) is 17.0 Å². The molecular weight excluding hydrogens is 254 g/mol. The highest BCUT2D eigenvalue weighted by atomic mass is 35.5. The molecule has 1 N–H and O–H groups in total. The van der Waals surface area contributed by atoms with Gasteiger partial charge in [-0.1, -0.05) is 18.5 Å². The minimum atomic E-state index is 0.336. The SMILES string of the molecule is CCc1c(Cl)ncnc1NCC1(C)CCCS1. The summed E-state index contributed by atoms with van der Waals surface area (Å²) in [5, 5.41) is 4.00. The van der Waals surface area contributed by atoms with E-state index in [0.29, 0.717) is 9.90 Å². The second kappa shape index (κ2) is 5.44. The molecule has 0 radical (unpaired) electrons. The summed E-state index contributed by atoms with van der Waals surface area (Å²) in [5.41, 5.74) is 1.01. The van der Waals surface area contributed by atoms with Crippen molar-refractivity contribution in [1.29, 1.82) is 0 Å². The molecule has 1 atom stereocenters. The number of nitrogens with one attached hydrogen (secondary N) is 1. The third-order valence-corrected chi connectivity index (χ3v) is 5.04. The van der Waals surface area contributed by atoms with Gasteiger partial charge in [0.25, 0.3) is 0 Å². The van der Waals surface area contributed by atoms with Crippen LogP contribution < -0.4 is 5.32 Å². The number of thioether (sulfide) groups is 1. The van der Waals surface area contributed by atoms with Gasteiger partial charge in [-0.2, -0.15) is 11.8 Å². The molecule has 0 saturated carbocycles. The Morgan fingerprint density at radius 2 is 2.35 bits per heavy atom. The summed E-state index contributed by atoms with van der Waals surface area (Å²) in [5.74, 6) is 2.16. The molecule has 1 fully saturated rings. The van der Waals surface area contributed by atoms with Gasteiger partial charge in [0.1, 0.15) is 17.3 Å². The molecule has 2 heterocycles. The van der Waals surface area contributed by atoms with Crippen LogP contribution in [-0.2, 0) is 6.42 Å². The number of hydrogen-bond acceptors (Lipinski definition) is 4. The van der Waals surface area contributed by atoms with Crippen LogP contribution in [-0.4, -0.2) is 27.0 Å². The van der Waals surface area contributed by atoms with E-state index < -0.39 is 0 Å². The normalized spacial score (nSPS) is 23.9. The van der Waals surface area contributed by atoms with E-state index in [0.717, 1.165) is 24.3 Å². The fourth-order valence-corrected chi connectivity index (χ4v) is 3.61. The van der Waals surface area contributed by atoms with Gasteiger partial charge < -0.3 is 5.32 Å². The maximum absolute atomic E-state index is 6.06. The fraction of sp³-hybridized carbons (Fsp3) is 0.667. The van der Waals surface area contributed by atoms with Gasteiger partial charge in [-0.15, -0.1) is 0 Å². The molecule has 0 bridgehead atoms. The highest BCUT2D eigenvalue weighted by Gasteiger charge is 2.29. The van der Waals surface area contributed by atoms with Gasteiger partial charge in [0.2, 0.25) is 0 Å². The van der Waals surface area contributed by atoms with E-state index in [4.69, 9.17) is 11.6 Å². The Labute approximate surface area is 112 Å². The molecule has 0 aliphatic carbocycles. The predicted octanol–water partition coefficient (Wildman–Crippen LogP) is 3.39. The monoisotopic (exact) mass is 271 g/mol. The van der Waals surface area contributed by atoms with E-state index in [1.807, 2.05) is 11.8 Å². The molecule has 3 nitrogen and oxygen atoms in total. The van der Waals surface area contributed by atoms with Crippen molar-refractivity contribution >= 4 is 29.2 Å². The molecule has 0 spiro atoms. The zero-order chi connectivity index (χ0) is 12.3. The van der Waals surface area contributed by atoms with Crippen LogP contribution in [0.25, 0.3) is 0 Å². The summed E-state index contributed by atoms with van der Waals surface area (Å²) >= 11 is 8.11. The Hall–Kier alpha value is -0.480. The summed E-state index contributed by atoms with van der Waals surface area (Å²) in [6.07, 6.45) is 4.96. The van der Waals surface area contributed by atoms with Crippen LogP contribution in [0.3, 0.4) is 0 Å². The summed E-state index contributed by atoms with van der Waals surface area (Å²) in [6, 6.07) is 0. The first-order chi connectivity index (χ1) is 8.14. The summed E-state index contributed by atoms with van der Waals surface area (Å²) in [6.45, 7) is 5.33. The van der Waals surface area contributed by atoms with Crippen molar-refractivity contribution in [3.8, 4) is 0 Å². The third-order valence-electron chi connectivity index (χ3n) is 3.18. The highest BCUT2D eigenvalue weighted by Crippen LogP contribution is 2.37. The molecule has 5 heteroatoms. The first kappa shape index (κ1) is 13.0. The summed E-state index contributed by atoms with van der Waals surface area (Å²) < 4.78 is 0.336. The Morgan fingerprint density at radius 1 is 1.53 bits per heavy atom. The highest BCUT2D eigenvalue weighted by molar-refractivity contribution is 8.00. The quantitative estimate of drug-likeness (QED) is 0.852. The second-order valence-electron chi connectivity index (χ2n) is 4.60. The smallest absolute Gasteiger partial charge is 0.137 e. The van der Waals surface area contributed by atoms with E-state index in [2.05, 4.69) is 29.1 Å². The Balaban J connectivity index is 2.06. The van der Waals surface area contributed by atoms with Crippen LogP contribution in [0, 0.1) is 0 Å². The van der Waals surface area contributed by atoms with Crippen LogP contribution in [0.5, 0.6) is 0 Å². The minimum absolute atomic E-state index is 0.336. The zero-order valence-electron chi connectivity index (χ0n) is 10.3. The molecule has 1 aromatic heterocycles. The van der Waals surface area contributed by atoms with Crippen LogP contribution in [0.1, 0.15) is 32.3 Å². The van der Waals surface area contributed by atoms with E-state index in [-0.39, 0.29) is 0 Å². The van der Waals surface area contributed by atoms with E-state index in [9.17, 15) is 0 Å². The zero-order valence-corrected chi connectivity index (χ0v) is 11.9. The summed E-state index contributed by atoms with van der Waals surface area (Å²) in [7, 11) is 0. The van der Waals surface area contributed by atoms with Gasteiger partial charge in [-0.3, -0.25) is 0 Å². The molecule has 1 aliphatic heterocycles. The van der Waals surface area contributed by atoms with Gasteiger partial charge in [0.15, 0.2) is 0 Å². The lowest BCUT2D eigenvalue weighted by atomic mass is 10.1. The molecule has 0 aromatic carbocycles. The maximum Gasteiger partial charge on any atom is 0.137 e. The average Bonchev–Trinajstić information content (AvgIpc) is 2.74. The molecule has 94 valence electrons. The van der Waals surface area contributed by atoms with Crippen LogP contribution in [0.15, 0.2) is 6.33 Å². The number of nitrogens with zero attached hydrogens (tertiary/aromatic N) is 2. The van der Waals surface area contributed by atoms with E-state index >= 15 is 0 Å². The molecule has 0 amide bonds. The Bertz CT molecular complexity index is 391. The molecule has 2 rings (SSSR count). The van der Waals surface area contributed by atoms with Crippen LogP contribution >= 0.6 is 23.4 Å². The fourth-order valence-electron chi connectivity index (χ4n) is 2.10. The molecule has 1 unspecified atom stereocenters. The van der Waals surface area contributed by atoms with Crippen molar-refractivity contribution in [1.82, 2.24) is 9.97 Å². The van der Waals surface area contributed by atoms with E-state index in [1.54, 1.807) is 0 Å². The lowest BCUT2D eigenvalue weighted by molar-refractivity contribution is 0.633. The van der Waals surface area contributed by atoms with Crippen molar-refractivity contribution in [3.63, 3.8) is 0 Å². The van der Waals surface area contributed by atoms with Gasteiger partial charge in [0.05, 0.1) is 0 Å². The maximum atomic E-state index is 6.06. The van der Waals surface area contributed by atoms with Crippen molar-refractivity contribution in [2.24, 2.45) is 0 Å². The number of hydrogen-bond donors (Lipinski definition) is 1. The predicted molar refractivity (Wildman–Crippen MR) is 75.0 cm³/mol. The molecule has 1 aliphatic rings. The first-order valence-corrected chi connectivity index (χ1v) is 7.38. The van der Waals surface area contributed by atoms with Crippen molar-refractivity contribution in [2.75, 3.05) is 17.6 Å². The Kier molecular flexibility index (Phi) is 4.15. The van der Waals surface area contributed by atoms with E-state index in [1.165, 1.54) is 24.9 Å². The topological polar surface area (TPSA) is 37.8 Å². The largest absolute Gasteiger partial charge is 0.368 e. The van der Waals surface area contributed by atoms with Gasteiger partial charge >= 0.3 is 0 Å². The lowest BCUT2D eigenvalue weighted by Gasteiger charge is -2.23. The van der Waals surface area contributed by atoms with Crippen LogP contribution in [0.4, 0.5) is 5.82 Å². The lowest BCUT2D eigenvalue weighted by Crippen LogP contribution is -2.27. The molecule has 1 saturated heterocycles. The molecular formula is C12H18ClN3S. The van der Waals surface area contributed by atoms with Crippen molar-refractivity contribution < 1.29 is 0 Å².